The predicted octanol–water partition coefficient (Wildman–Crippen LogP) is 2.75. The molecule has 0 saturated carbocycles. The normalized spacial score (nSPS) is 27.0. The lowest BCUT2D eigenvalue weighted by atomic mass is 9.85. The van der Waals surface area contributed by atoms with E-state index in [1.54, 1.807) is 0 Å². The third kappa shape index (κ3) is 1.76. The second kappa shape index (κ2) is 3.57. The van der Waals surface area contributed by atoms with Crippen LogP contribution in [0.4, 0.5) is 0 Å². The molecule has 0 unspecified atom stereocenters. The van der Waals surface area contributed by atoms with Crippen LogP contribution >= 0.6 is 0 Å². The molecule has 0 spiro atoms. The summed E-state index contributed by atoms with van der Waals surface area (Å²) in [6.07, 6.45) is 3.96. The smallest absolute Gasteiger partial charge is 0.0827 e. The highest BCUT2D eigenvalue weighted by Crippen LogP contribution is 2.26. The van der Waals surface area contributed by atoms with Crippen molar-refractivity contribution in [1.82, 2.24) is 0 Å². The summed E-state index contributed by atoms with van der Waals surface area (Å²) in [5.74, 6) is 0.458. The van der Waals surface area contributed by atoms with Crippen LogP contribution in [0.15, 0.2) is 29.0 Å². The van der Waals surface area contributed by atoms with Crippen LogP contribution in [0.3, 0.4) is 0 Å². The van der Waals surface area contributed by atoms with Gasteiger partial charge in [0.25, 0.3) is 0 Å². The lowest BCUT2D eigenvalue weighted by molar-refractivity contribution is 0.316. The Kier molecular flexibility index (Phi) is 2.69. The van der Waals surface area contributed by atoms with E-state index in [-0.39, 0.29) is 0 Å². The van der Waals surface area contributed by atoms with Crippen molar-refractivity contribution in [3.05, 3.63) is 23.8 Å². The van der Waals surface area contributed by atoms with Gasteiger partial charge < -0.3 is 5.21 Å². The van der Waals surface area contributed by atoms with Gasteiger partial charge in [-0.3, -0.25) is 0 Å². The number of rotatable bonds is 1. The van der Waals surface area contributed by atoms with E-state index in [2.05, 4.69) is 17.8 Å². The number of hydrogen-bond acceptors (Lipinski definition) is 2. The monoisotopic (exact) mass is 165 g/mol. The Morgan fingerprint density at radius 1 is 1.75 bits per heavy atom. The molecule has 0 aromatic heterocycles. The molecule has 0 aliphatic heterocycles. The van der Waals surface area contributed by atoms with E-state index in [0.717, 1.165) is 24.1 Å². The minimum atomic E-state index is 0.458. The number of nitrogens with zero attached hydrogens (tertiary/aromatic N) is 1. The molecular weight excluding hydrogens is 150 g/mol. The van der Waals surface area contributed by atoms with Gasteiger partial charge in [-0.15, -0.1) is 0 Å². The highest BCUT2D eigenvalue weighted by atomic mass is 16.4. The van der Waals surface area contributed by atoms with Crippen molar-refractivity contribution in [2.75, 3.05) is 0 Å². The van der Waals surface area contributed by atoms with E-state index in [4.69, 9.17) is 5.21 Å². The van der Waals surface area contributed by atoms with Crippen molar-refractivity contribution >= 4 is 5.71 Å². The van der Waals surface area contributed by atoms with E-state index < -0.39 is 0 Å². The van der Waals surface area contributed by atoms with Gasteiger partial charge in [0.05, 0.1) is 5.71 Å². The lowest BCUT2D eigenvalue weighted by Gasteiger charge is -2.21. The summed E-state index contributed by atoms with van der Waals surface area (Å²) in [6, 6.07) is 0. The van der Waals surface area contributed by atoms with Crippen LogP contribution in [0, 0.1) is 5.92 Å². The molecule has 1 aliphatic rings. The second-order valence-corrected chi connectivity index (χ2v) is 3.42. The summed E-state index contributed by atoms with van der Waals surface area (Å²) in [6.45, 7) is 7.90. The lowest BCUT2D eigenvalue weighted by Crippen LogP contribution is -2.15. The summed E-state index contributed by atoms with van der Waals surface area (Å²) < 4.78 is 0. The molecule has 1 N–H and O–H groups in total. The second-order valence-electron chi connectivity index (χ2n) is 3.42. The Labute approximate surface area is 73.3 Å². The van der Waals surface area contributed by atoms with Crippen molar-refractivity contribution in [3.8, 4) is 0 Å². The molecule has 0 radical (unpaired) electrons. The minimum absolute atomic E-state index is 0.458. The molecule has 2 heteroatoms. The van der Waals surface area contributed by atoms with Gasteiger partial charge in [0.1, 0.15) is 0 Å². The van der Waals surface area contributed by atoms with E-state index in [0.29, 0.717) is 5.92 Å². The summed E-state index contributed by atoms with van der Waals surface area (Å²) in [5, 5.41) is 11.9. The van der Waals surface area contributed by atoms with Crippen LogP contribution in [0.25, 0.3) is 0 Å². The van der Waals surface area contributed by atoms with E-state index >= 15 is 0 Å². The van der Waals surface area contributed by atoms with Crippen molar-refractivity contribution in [1.29, 1.82) is 0 Å². The maximum absolute atomic E-state index is 8.68. The molecule has 66 valence electrons. The van der Waals surface area contributed by atoms with Gasteiger partial charge in [0, 0.05) is 6.42 Å². The minimum Gasteiger partial charge on any atom is -0.411 e. The van der Waals surface area contributed by atoms with Gasteiger partial charge in [-0.2, -0.15) is 0 Å². The van der Waals surface area contributed by atoms with Gasteiger partial charge in [-0.1, -0.05) is 23.4 Å². The Balaban J connectivity index is 2.78. The Morgan fingerprint density at radius 3 is 2.92 bits per heavy atom. The fourth-order valence-electron chi connectivity index (χ4n) is 1.41. The predicted molar refractivity (Wildman–Crippen MR) is 50.5 cm³/mol. The first kappa shape index (κ1) is 9.04. The quantitative estimate of drug-likeness (QED) is 0.361. The van der Waals surface area contributed by atoms with E-state index in [1.807, 2.05) is 13.8 Å². The summed E-state index contributed by atoms with van der Waals surface area (Å²) in [5.41, 5.74) is 3.06. The zero-order chi connectivity index (χ0) is 9.14. The van der Waals surface area contributed by atoms with Gasteiger partial charge in [-0.05, 0) is 31.8 Å². The highest BCUT2D eigenvalue weighted by Gasteiger charge is 2.18. The van der Waals surface area contributed by atoms with E-state index in [1.165, 1.54) is 5.57 Å². The summed E-state index contributed by atoms with van der Waals surface area (Å²) in [4.78, 5) is 0. The van der Waals surface area contributed by atoms with Gasteiger partial charge in [-0.25, -0.2) is 0 Å². The third-order valence-corrected chi connectivity index (χ3v) is 2.42. The van der Waals surface area contributed by atoms with Crippen molar-refractivity contribution in [3.63, 3.8) is 0 Å². The van der Waals surface area contributed by atoms with Gasteiger partial charge in [0.15, 0.2) is 0 Å². The largest absolute Gasteiger partial charge is 0.411 e. The topological polar surface area (TPSA) is 32.6 Å². The van der Waals surface area contributed by atoms with Crippen LogP contribution in [0.5, 0.6) is 0 Å². The Hall–Kier alpha value is -1.05. The van der Waals surface area contributed by atoms with Crippen LogP contribution < -0.4 is 0 Å². The maximum atomic E-state index is 8.68. The molecule has 1 rings (SSSR count). The fourth-order valence-corrected chi connectivity index (χ4v) is 1.41. The molecule has 12 heavy (non-hydrogen) atoms. The Morgan fingerprint density at radius 2 is 2.42 bits per heavy atom. The SMILES string of the molecule is C=C(C)[C@H]1CC=C(C)/C(=N\O)C1. The van der Waals surface area contributed by atoms with Crippen molar-refractivity contribution in [2.45, 2.75) is 26.7 Å². The fraction of sp³-hybridized carbons (Fsp3) is 0.500. The molecule has 0 aromatic rings. The van der Waals surface area contributed by atoms with E-state index in [9.17, 15) is 0 Å². The molecule has 0 heterocycles. The van der Waals surface area contributed by atoms with Gasteiger partial charge >= 0.3 is 0 Å². The number of oxime groups is 1. The van der Waals surface area contributed by atoms with Crippen LogP contribution in [0.1, 0.15) is 26.7 Å². The highest BCUT2D eigenvalue weighted by molar-refractivity contribution is 6.00. The van der Waals surface area contributed by atoms with Crippen LogP contribution in [-0.2, 0) is 0 Å². The standard InChI is InChI=1S/C10H15NO/c1-7(2)9-5-4-8(3)10(6-9)11-12/h4,9,12H,1,5-6H2,2-3H3/b11-10-/t9-/m0/s1. The molecule has 2 nitrogen and oxygen atoms in total. The average Bonchev–Trinajstić information content (AvgIpc) is 2.05. The molecule has 0 saturated heterocycles. The van der Waals surface area contributed by atoms with Crippen molar-refractivity contribution < 1.29 is 5.21 Å². The molecule has 1 atom stereocenters. The Bertz CT molecular complexity index is 251. The summed E-state index contributed by atoms with van der Waals surface area (Å²) >= 11 is 0. The first-order chi connectivity index (χ1) is 5.65. The maximum Gasteiger partial charge on any atom is 0.0827 e. The molecule has 0 fully saturated rings. The molecule has 0 aromatic carbocycles. The molecule has 1 aliphatic carbocycles. The molecular formula is C10H15NO. The average molecular weight is 165 g/mol. The molecule has 0 amide bonds. The zero-order valence-corrected chi connectivity index (χ0v) is 7.67. The number of allylic oxidation sites excluding steroid dienone is 3. The molecule has 0 bridgehead atoms. The third-order valence-electron chi connectivity index (χ3n) is 2.42. The first-order valence-corrected chi connectivity index (χ1v) is 4.18. The number of hydrogen-bond donors (Lipinski definition) is 1. The summed E-state index contributed by atoms with van der Waals surface area (Å²) in [7, 11) is 0. The van der Waals surface area contributed by atoms with Crippen LogP contribution in [-0.4, -0.2) is 10.9 Å². The van der Waals surface area contributed by atoms with Crippen molar-refractivity contribution in [2.24, 2.45) is 11.1 Å². The first-order valence-electron chi connectivity index (χ1n) is 4.18. The van der Waals surface area contributed by atoms with Crippen LogP contribution in [0.2, 0.25) is 0 Å². The zero-order valence-electron chi connectivity index (χ0n) is 7.67. The van der Waals surface area contributed by atoms with Gasteiger partial charge in [0.2, 0.25) is 0 Å².